The molecule has 0 aromatic carbocycles. The van der Waals surface area contributed by atoms with Crippen LogP contribution in [0.15, 0.2) is 12.2 Å². The predicted octanol–water partition coefficient (Wildman–Crippen LogP) is 1.17. The van der Waals surface area contributed by atoms with Gasteiger partial charge >= 0.3 is 0 Å². The minimum atomic E-state index is 0.0645. The fourth-order valence-electron chi connectivity index (χ4n) is 0.400. The third kappa shape index (κ3) is 7.37. The topological polar surface area (TPSA) is 26.3 Å². The quantitative estimate of drug-likeness (QED) is 0.419. The van der Waals surface area contributed by atoms with Crippen LogP contribution in [-0.2, 0) is 9.53 Å². The molecule has 0 spiro atoms. The average Bonchev–Trinajstić information content (AvgIpc) is 1.80. The van der Waals surface area contributed by atoms with Gasteiger partial charge in [0.05, 0.1) is 6.61 Å². The van der Waals surface area contributed by atoms with E-state index in [1.807, 2.05) is 6.92 Å². The Labute approximate surface area is 55.5 Å². The first-order valence-electron chi connectivity index (χ1n) is 3.02. The molecule has 0 aromatic heterocycles. The van der Waals surface area contributed by atoms with Crippen LogP contribution in [0.2, 0.25) is 0 Å². The summed E-state index contributed by atoms with van der Waals surface area (Å²) in [7, 11) is 0. The number of carbonyl (C=O) groups excluding carboxylic acids is 1. The van der Waals surface area contributed by atoms with Crippen LogP contribution in [0.5, 0.6) is 0 Å². The summed E-state index contributed by atoms with van der Waals surface area (Å²) < 4.78 is 4.94. The van der Waals surface area contributed by atoms with Gasteiger partial charge < -0.3 is 4.74 Å². The van der Waals surface area contributed by atoms with Gasteiger partial charge in [0.2, 0.25) is 0 Å². The number of allylic oxidation sites excluding steroid dienone is 1. The molecular formula is C7H12O2. The molecular weight excluding hydrogens is 116 g/mol. The van der Waals surface area contributed by atoms with Crippen LogP contribution < -0.4 is 0 Å². The van der Waals surface area contributed by atoms with Gasteiger partial charge in [0.15, 0.2) is 5.78 Å². The first-order valence-corrected chi connectivity index (χ1v) is 3.02. The van der Waals surface area contributed by atoms with Gasteiger partial charge in [0.1, 0.15) is 0 Å². The molecule has 0 radical (unpaired) electrons. The first-order chi connectivity index (χ1) is 4.27. The SMILES string of the molecule is CCOCC=CC(C)=O. The third-order valence-electron chi connectivity index (χ3n) is 0.771. The molecule has 0 aliphatic rings. The summed E-state index contributed by atoms with van der Waals surface area (Å²) in [6, 6.07) is 0. The van der Waals surface area contributed by atoms with E-state index < -0.39 is 0 Å². The van der Waals surface area contributed by atoms with Crippen LogP contribution in [0, 0.1) is 0 Å². The number of carbonyl (C=O) groups is 1. The lowest BCUT2D eigenvalue weighted by molar-refractivity contribution is -0.112. The second-order valence-corrected chi connectivity index (χ2v) is 1.67. The molecule has 0 N–H and O–H groups in total. The third-order valence-corrected chi connectivity index (χ3v) is 0.771. The van der Waals surface area contributed by atoms with Crippen molar-refractivity contribution < 1.29 is 9.53 Å². The van der Waals surface area contributed by atoms with Crippen molar-refractivity contribution in [2.75, 3.05) is 13.2 Å². The van der Waals surface area contributed by atoms with Crippen molar-refractivity contribution >= 4 is 5.78 Å². The van der Waals surface area contributed by atoms with Crippen LogP contribution in [0.4, 0.5) is 0 Å². The molecule has 0 bridgehead atoms. The van der Waals surface area contributed by atoms with Gasteiger partial charge in [-0.2, -0.15) is 0 Å². The van der Waals surface area contributed by atoms with E-state index in [-0.39, 0.29) is 5.78 Å². The van der Waals surface area contributed by atoms with Crippen molar-refractivity contribution in [1.29, 1.82) is 0 Å². The Morgan fingerprint density at radius 2 is 2.33 bits per heavy atom. The molecule has 9 heavy (non-hydrogen) atoms. The Balaban J connectivity index is 3.15. The van der Waals surface area contributed by atoms with Gasteiger partial charge in [-0.3, -0.25) is 4.79 Å². The van der Waals surface area contributed by atoms with Crippen LogP contribution in [0.25, 0.3) is 0 Å². The maximum absolute atomic E-state index is 10.3. The van der Waals surface area contributed by atoms with E-state index in [0.29, 0.717) is 13.2 Å². The maximum Gasteiger partial charge on any atom is 0.152 e. The fourth-order valence-corrected chi connectivity index (χ4v) is 0.400. The molecule has 0 aliphatic heterocycles. The molecule has 0 saturated carbocycles. The summed E-state index contributed by atoms with van der Waals surface area (Å²) in [5, 5.41) is 0. The average molecular weight is 128 g/mol. The van der Waals surface area contributed by atoms with Gasteiger partial charge in [0, 0.05) is 6.61 Å². The maximum atomic E-state index is 10.3. The van der Waals surface area contributed by atoms with Crippen LogP contribution in [0.1, 0.15) is 13.8 Å². The fraction of sp³-hybridized carbons (Fsp3) is 0.571. The molecule has 0 amide bonds. The largest absolute Gasteiger partial charge is 0.378 e. The number of hydrogen-bond acceptors (Lipinski definition) is 2. The van der Waals surface area contributed by atoms with Gasteiger partial charge in [-0.1, -0.05) is 6.08 Å². The van der Waals surface area contributed by atoms with Crippen molar-refractivity contribution in [3.05, 3.63) is 12.2 Å². The second-order valence-electron chi connectivity index (χ2n) is 1.67. The van der Waals surface area contributed by atoms with Crippen molar-refractivity contribution in [3.8, 4) is 0 Å². The normalized spacial score (nSPS) is 10.4. The summed E-state index contributed by atoms with van der Waals surface area (Å²) >= 11 is 0. The lowest BCUT2D eigenvalue weighted by Crippen LogP contribution is -1.89. The molecule has 0 saturated heterocycles. The van der Waals surface area contributed by atoms with E-state index in [1.165, 1.54) is 13.0 Å². The van der Waals surface area contributed by atoms with Gasteiger partial charge in [-0.05, 0) is 19.9 Å². The van der Waals surface area contributed by atoms with Gasteiger partial charge in [0.25, 0.3) is 0 Å². The van der Waals surface area contributed by atoms with Crippen molar-refractivity contribution in [3.63, 3.8) is 0 Å². The summed E-state index contributed by atoms with van der Waals surface area (Å²) in [4.78, 5) is 10.3. The summed E-state index contributed by atoms with van der Waals surface area (Å²) in [6.45, 7) is 4.67. The standard InChI is InChI=1S/C7H12O2/c1-3-9-6-4-5-7(2)8/h4-5H,3,6H2,1-2H3. The van der Waals surface area contributed by atoms with E-state index in [4.69, 9.17) is 4.74 Å². The smallest absolute Gasteiger partial charge is 0.152 e. The molecule has 0 atom stereocenters. The minimum Gasteiger partial charge on any atom is -0.378 e. The van der Waals surface area contributed by atoms with Crippen molar-refractivity contribution in [2.24, 2.45) is 0 Å². The van der Waals surface area contributed by atoms with Crippen molar-refractivity contribution in [2.45, 2.75) is 13.8 Å². The highest BCUT2D eigenvalue weighted by atomic mass is 16.5. The molecule has 2 nitrogen and oxygen atoms in total. The molecule has 52 valence electrons. The molecule has 0 unspecified atom stereocenters. The molecule has 0 fully saturated rings. The van der Waals surface area contributed by atoms with Crippen molar-refractivity contribution in [1.82, 2.24) is 0 Å². The molecule has 0 heterocycles. The molecule has 2 heteroatoms. The van der Waals surface area contributed by atoms with E-state index >= 15 is 0 Å². The Bertz CT molecular complexity index is 105. The highest BCUT2D eigenvalue weighted by molar-refractivity contribution is 5.87. The first kappa shape index (κ1) is 8.37. The Morgan fingerprint density at radius 1 is 1.67 bits per heavy atom. The van der Waals surface area contributed by atoms with Crippen LogP contribution in [-0.4, -0.2) is 19.0 Å². The Hall–Kier alpha value is -0.630. The number of hydrogen-bond donors (Lipinski definition) is 0. The Morgan fingerprint density at radius 3 is 2.78 bits per heavy atom. The summed E-state index contributed by atoms with van der Waals surface area (Å²) in [5.74, 6) is 0.0645. The zero-order chi connectivity index (χ0) is 7.11. The molecule has 0 aromatic rings. The monoisotopic (exact) mass is 128 g/mol. The van der Waals surface area contributed by atoms with Gasteiger partial charge in [-0.25, -0.2) is 0 Å². The van der Waals surface area contributed by atoms with Crippen LogP contribution in [0.3, 0.4) is 0 Å². The lowest BCUT2D eigenvalue weighted by Gasteiger charge is -1.90. The number of ether oxygens (including phenoxy) is 1. The molecule has 0 rings (SSSR count). The van der Waals surface area contributed by atoms with E-state index in [1.54, 1.807) is 6.08 Å². The van der Waals surface area contributed by atoms with E-state index in [9.17, 15) is 4.79 Å². The van der Waals surface area contributed by atoms with Crippen LogP contribution >= 0.6 is 0 Å². The van der Waals surface area contributed by atoms with E-state index in [2.05, 4.69) is 0 Å². The summed E-state index contributed by atoms with van der Waals surface area (Å²) in [5.41, 5.74) is 0. The number of rotatable bonds is 4. The minimum absolute atomic E-state index is 0.0645. The molecule has 0 aliphatic carbocycles. The highest BCUT2D eigenvalue weighted by Gasteiger charge is 1.79. The summed E-state index contributed by atoms with van der Waals surface area (Å²) in [6.07, 6.45) is 3.22. The Kier molecular flexibility index (Phi) is 5.12. The van der Waals surface area contributed by atoms with E-state index in [0.717, 1.165) is 0 Å². The zero-order valence-corrected chi connectivity index (χ0v) is 5.89. The lowest BCUT2D eigenvalue weighted by atomic mass is 10.4. The van der Waals surface area contributed by atoms with Gasteiger partial charge in [-0.15, -0.1) is 0 Å². The number of ketones is 1. The second kappa shape index (κ2) is 5.51. The predicted molar refractivity (Wildman–Crippen MR) is 36.3 cm³/mol. The zero-order valence-electron chi connectivity index (χ0n) is 5.89. The highest BCUT2D eigenvalue weighted by Crippen LogP contribution is 1.77.